The van der Waals surface area contributed by atoms with Gasteiger partial charge in [-0.05, 0) is 48.9 Å². The van der Waals surface area contributed by atoms with Gasteiger partial charge in [-0.2, -0.15) is 5.21 Å². The topological polar surface area (TPSA) is 85.0 Å². The van der Waals surface area contributed by atoms with Gasteiger partial charge >= 0.3 is 0 Å². The number of ether oxygens (including phenoxy) is 2. The van der Waals surface area contributed by atoms with Crippen molar-refractivity contribution in [3.63, 3.8) is 0 Å². The van der Waals surface area contributed by atoms with E-state index in [1.54, 1.807) is 0 Å². The molecule has 3 rings (SSSR count). The summed E-state index contributed by atoms with van der Waals surface area (Å²) in [6.07, 6.45) is 2.05. The number of H-pyrrole nitrogens is 1. The maximum absolute atomic E-state index is 5.79. The largest absolute Gasteiger partial charge is 0.494 e. The van der Waals surface area contributed by atoms with Crippen molar-refractivity contribution in [2.75, 3.05) is 26.4 Å². The van der Waals surface area contributed by atoms with Gasteiger partial charge in [0.05, 0.1) is 13.2 Å². The van der Waals surface area contributed by atoms with Crippen molar-refractivity contribution in [1.82, 2.24) is 25.9 Å². The highest BCUT2D eigenvalue weighted by atomic mass is 16.5. The summed E-state index contributed by atoms with van der Waals surface area (Å²) in [5.41, 5.74) is 1.11. The van der Waals surface area contributed by atoms with Crippen LogP contribution in [0.5, 0.6) is 5.75 Å². The van der Waals surface area contributed by atoms with Crippen molar-refractivity contribution >= 4 is 0 Å². The Hall–Kier alpha value is -1.99. The van der Waals surface area contributed by atoms with Crippen molar-refractivity contribution in [2.45, 2.75) is 32.7 Å². The minimum absolute atomic E-state index is 0.199. The second-order valence-corrected chi connectivity index (χ2v) is 6.80. The standard InChI is InChI=1S/C17H25N5O2/c1-17(2)12-23-11-8-15(17)18-9-3-10-24-14-6-4-13(5-7-14)16-19-21-22-20-16/h4-7,15,18H,3,8-12H2,1-2H3,(H,19,20,21,22). The van der Waals surface area contributed by atoms with Gasteiger partial charge in [0, 0.05) is 23.6 Å². The van der Waals surface area contributed by atoms with Crippen LogP contribution in [0.3, 0.4) is 0 Å². The number of nitrogens with one attached hydrogen (secondary N) is 2. The molecule has 1 saturated heterocycles. The van der Waals surface area contributed by atoms with Crippen LogP contribution in [-0.2, 0) is 4.74 Å². The zero-order valence-corrected chi connectivity index (χ0v) is 14.3. The van der Waals surface area contributed by atoms with Crippen LogP contribution in [0.4, 0.5) is 0 Å². The van der Waals surface area contributed by atoms with Gasteiger partial charge in [0.15, 0.2) is 0 Å². The van der Waals surface area contributed by atoms with Crippen LogP contribution in [0.25, 0.3) is 11.4 Å². The molecule has 0 radical (unpaired) electrons. The average molecular weight is 331 g/mol. The average Bonchev–Trinajstić information content (AvgIpc) is 3.11. The number of aromatic amines is 1. The Morgan fingerprint density at radius 2 is 2.17 bits per heavy atom. The van der Waals surface area contributed by atoms with E-state index in [1.807, 2.05) is 24.3 Å². The summed E-state index contributed by atoms with van der Waals surface area (Å²) >= 11 is 0. The minimum atomic E-state index is 0.199. The fourth-order valence-electron chi connectivity index (χ4n) is 2.93. The lowest BCUT2D eigenvalue weighted by atomic mass is 9.82. The zero-order valence-electron chi connectivity index (χ0n) is 14.3. The highest BCUT2D eigenvalue weighted by Crippen LogP contribution is 2.27. The smallest absolute Gasteiger partial charge is 0.204 e. The summed E-state index contributed by atoms with van der Waals surface area (Å²) in [4.78, 5) is 0. The van der Waals surface area contributed by atoms with Crippen LogP contribution in [0.15, 0.2) is 24.3 Å². The summed E-state index contributed by atoms with van der Waals surface area (Å²) in [7, 11) is 0. The van der Waals surface area contributed by atoms with Gasteiger partial charge in [-0.1, -0.05) is 13.8 Å². The van der Waals surface area contributed by atoms with Crippen LogP contribution in [0.2, 0.25) is 0 Å². The molecule has 7 heteroatoms. The molecule has 1 atom stereocenters. The maximum Gasteiger partial charge on any atom is 0.204 e. The Labute approximate surface area is 142 Å². The van der Waals surface area contributed by atoms with Crippen LogP contribution in [0.1, 0.15) is 26.7 Å². The predicted molar refractivity (Wildman–Crippen MR) is 90.7 cm³/mol. The third-order valence-electron chi connectivity index (χ3n) is 4.41. The van der Waals surface area contributed by atoms with Crippen molar-refractivity contribution in [3.8, 4) is 17.1 Å². The molecule has 1 aliphatic heterocycles. The summed E-state index contributed by atoms with van der Waals surface area (Å²) < 4.78 is 11.3. The molecule has 0 spiro atoms. The Morgan fingerprint density at radius 3 is 2.88 bits per heavy atom. The van der Waals surface area contributed by atoms with Crippen LogP contribution >= 0.6 is 0 Å². The van der Waals surface area contributed by atoms with E-state index in [0.29, 0.717) is 18.5 Å². The Morgan fingerprint density at radius 1 is 1.33 bits per heavy atom. The number of benzene rings is 1. The molecule has 1 fully saturated rings. The minimum Gasteiger partial charge on any atom is -0.494 e. The monoisotopic (exact) mass is 331 g/mol. The van der Waals surface area contributed by atoms with E-state index < -0.39 is 0 Å². The van der Waals surface area contributed by atoms with E-state index in [-0.39, 0.29) is 5.41 Å². The predicted octanol–water partition coefficient (Wildman–Crippen LogP) is 2.04. The van der Waals surface area contributed by atoms with Crippen molar-refractivity contribution in [1.29, 1.82) is 0 Å². The quantitative estimate of drug-likeness (QED) is 0.755. The molecule has 0 bridgehead atoms. The molecular formula is C17H25N5O2. The highest BCUT2D eigenvalue weighted by molar-refractivity contribution is 5.54. The fraction of sp³-hybridized carbons (Fsp3) is 0.588. The first-order chi connectivity index (χ1) is 11.6. The molecular weight excluding hydrogens is 306 g/mol. The van der Waals surface area contributed by atoms with Crippen molar-refractivity contribution in [3.05, 3.63) is 24.3 Å². The summed E-state index contributed by atoms with van der Waals surface area (Å²) in [6.45, 7) is 7.84. The van der Waals surface area contributed by atoms with Gasteiger partial charge < -0.3 is 14.8 Å². The first-order valence-electron chi connectivity index (χ1n) is 8.43. The molecule has 1 aromatic heterocycles. The first-order valence-corrected chi connectivity index (χ1v) is 8.43. The molecule has 7 nitrogen and oxygen atoms in total. The molecule has 1 aromatic carbocycles. The maximum atomic E-state index is 5.79. The number of aromatic nitrogens is 4. The lowest BCUT2D eigenvalue weighted by molar-refractivity contribution is -0.0131. The van der Waals surface area contributed by atoms with E-state index in [0.717, 1.165) is 43.9 Å². The van der Waals surface area contributed by atoms with Crippen LogP contribution in [0, 0.1) is 5.41 Å². The van der Waals surface area contributed by atoms with Gasteiger partial charge in [-0.25, -0.2) is 0 Å². The van der Waals surface area contributed by atoms with Gasteiger partial charge in [0.25, 0.3) is 0 Å². The third kappa shape index (κ3) is 4.30. The van der Waals surface area contributed by atoms with Gasteiger partial charge in [0.1, 0.15) is 5.75 Å². The number of hydrogen-bond acceptors (Lipinski definition) is 6. The zero-order chi connectivity index (χ0) is 16.8. The van der Waals surface area contributed by atoms with E-state index in [9.17, 15) is 0 Å². The fourth-order valence-corrected chi connectivity index (χ4v) is 2.93. The Balaban J connectivity index is 1.37. The van der Waals surface area contributed by atoms with Crippen LogP contribution < -0.4 is 10.1 Å². The van der Waals surface area contributed by atoms with Gasteiger partial charge in [0.2, 0.25) is 5.82 Å². The molecule has 2 heterocycles. The molecule has 0 aliphatic carbocycles. The molecule has 0 saturated carbocycles. The van der Waals surface area contributed by atoms with E-state index in [4.69, 9.17) is 9.47 Å². The van der Waals surface area contributed by atoms with Crippen molar-refractivity contribution < 1.29 is 9.47 Å². The summed E-state index contributed by atoms with van der Waals surface area (Å²) in [5.74, 6) is 1.44. The summed E-state index contributed by atoms with van der Waals surface area (Å²) in [5, 5.41) is 17.6. The van der Waals surface area contributed by atoms with Gasteiger partial charge in [-0.3, -0.25) is 0 Å². The molecule has 0 amide bonds. The highest BCUT2D eigenvalue weighted by Gasteiger charge is 2.32. The number of nitrogens with zero attached hydrogens (tertiary/aromatic N) is 3. The number of tetrazole rings is 1. The van der Waals surface area contributed by atoms with E-state index in [1.165, 1.54) is 0 Å². The lowest BCUT2D eigenvalue weighted by Gasteiger charge is -2.39. The SMILES string of the molecule is CC1(C)COCCC1NCCCOc1ccc(-c2nn[nH]n2)cc1. The molecule has 130 valence electrons. The van der Waals surface area contributed by atoms with E-state index >= 15 is 0 Å². The second-order valence-electron chi connectivity index (χ2n) is 6.80. The lowest BCUT2D eigenvalue weighted by Crippen LogP contribution is -2.48. The third-order valence-corrected chi connectivity index (χ3v) is 4.41. The molecule has 2 N–H and O–H groups in total. The number of rotatable bonds is 7. The Bertz CT molecular complexity index is 612. The molecule has 1 unspecified atom stereocenters. The summed E-state index contributed by atoms with van der Waals surface area (Å²) in [6, 6.07) is 8.24. The van der Waals surface area contributed by atoms with E-state index in [2.05, 4.69) is 39.8 Å². The molecule has 2 aromatic rings. The molecule has 1 aliphatic rings. The normalized spacial score (nSPS) is 20.0. The van der Waals surface area contributed by atoms with Crippen molar-refractivity contribution in [2.24, 2.45) is 5.41 Å². The van der Waals surface area contributed by atoms with Gasteiger partial charge in [-0.15, -0.1) is 10.2 Å². The van der Waals surface area contributed by atoms with Crippen LogP contribution in [-0.4, -0.2) is 53.0 Å². The first kappa shape index (κ1) is 16.9. The number of hydrogen-bond donors (Lipinski definition) is 2. The Kier molecular flexibility index (Phi) is 5.42. The second kappa shape index (κ2) is 7.72. The molecule has 24 heavy (non-hydrogen) atoms.